The molecule has 9 heteroatoms. The van der Waals surface area contributed by atoms with Gasteiger partial charge in [-0.25, -0.2) is 9.67 Å². The standard InChI is InChI=1S/C15H19N9/c16-15-19-13-12(17-8-18-13)14(20-15)23-5-3-10(4-6-23)24-7-11(21-22-24)9-1-2-9/h7-10H,1-6H2,(H3,16,17,18,19,20). The highest BCUT2D eigenvalue weighted by molar-refractivity contribution is 5.84. The average Bonchev–Trinajstić information content (AvgIpc) is 3.14. The molecule has 3 aromatic rings. The van der Waals surface area contributed by atoms with Gasteiger partial charge in [0.2, 0.25) is 5.95 Å². The molecule has 4 heterocycles. The normalized spacial score (nSPS) is 19.2. The van der Waals surface area contributed by atoms with Crippen molar-refractivity contribution in [1.82, 2.24) is 34.9 Å². The number of piperidine rings is 1. The molecule has 24 heavy (non-hydrogen) atoms. The van der Waals surface area contributed by atoms with Gasteiger partial charge in [0.1, 0.15) is 5.52 Å². The average molecular weight is 325 g/mol. The molecule has 1 saturated carbocycles. The lowest BCUT2D eigenvalue weighted by Gasteiger charge is -2.32. The number of nitrogens with one attached hydrogen (secondary N) is 1. The zero-order valence-electron chi connectivity index (χ0n) is 13.3. The monoisotopic (exact) mass is 325 g/mol. The first-order valence-electron chi connectivity index (χ1n) is 8.41. The van der Waals surface area contributed by atoms with E-state index in [1.54, 1.807) is 6.33 Å². The summed E-state index contributed by atoms with van der Waals surface area (Å²) in [6.45, 7) is 1.79. The van der Waals surface area contributed by atoms with Gasteiger partial charge >= 0.3 is 0 Å². The highest BCUT2D eigenvalue weighted by atomic mass is 15.4. The van der Waals surface area contributed by atoms with Crippen LogP contribution in [0, 0.1) is 0 Å². The second-order valence-electron chi connectivity index (χ2n) is 6.62. The van der Waals surface area contributed by atoms with Crippen LogP contribution in [0.15, 0.2) is 12.5 Å². The number of imidazole rings is 1. The van der Waals surface area contributed by atoms with Crippen LogP contribution in [0.3, 0.4) is 0 Å². The first-order chi connectivity index (χ1) is 11.8. The number of anilines is 2. The van der Waals surface area contributed by atoms with E-state index in [2.05, 4.69) is 41.3 Å². The van der Waals surface area contributed by atoms with Crippen molar-refractivity contribution in [1.29, 1.82) is 0 Å². The predicted octanol–water partition coefficient (Wildman–Crippen LogP) is 1.25. The van der Waals surface area contributed by atoms with Crippen LogP contribution in [0.2, 0.25) is 0 Å². The second kappa shape index (κ2) is 5.15. The van der Waals surface area contributed by atoms with Gasteiger partial charge in [-0.1, -0.05) is 5.21 Å². The molecule has 0 bridgehead atoms. The first-order valence-corrected chi connectivity index (χ1v) is 8.41. The number of nitrogens with two attached hydrogens (primary N) is 1. The Labute approximate surface area is 138 Å². The predicted molar refractivity (Wildman–Crippen MR) is 88.6 cm³/mol. The van der Waals surface area contributed by atoms with Crippen LogP contribution in [-0.4, -0.2) is 48.0 Å². The summed E-state index contributed by atoms with van der Waals surface area (Å²) in [5, 5.41) is 8.67. The molecule has 3 aromatic heterocycles. The quantitative estimate of drug-likeness (QED) is 0.744. The van der Waals surface area contributed by atoms with E-state index in [4.69, 9.17) is 5.73 Å². The number of aromatic amines is 1. The van der Waals surface area contributed by atoms with E-state index < -0.39 is 0 Å². The Kier molecular flexibility index (Phi) is 2.94. The van der Waals surface area contributed by atoms with Gasteiger partial charge in [-0.05, 0) is 25.7 Å². The number of hydrogen-bond donors (Lipinski definition) is 2. The number of rotatable bonds is 3. The van der Waals surface area contributed by atoms with Crippen LogP contribution in [0.1, 0.15) is 43.3 Å². The topological polar surface area (TPSA) is 114 Å². The number of fused-ring (bicyclic) bond motifs is 1. The molecule has 1 aliphatic carbocycles. The third-order valence-electron chi connectivity index (χ3n) is 4.95. The first kappa shape index (κ1) is 13.7. The van der Waals surface area contributed by atoms with E-state index in [-0.39, 0.29) is 5.95 Å². The van der Waals surface area contributed by atoms with Gasteiger partial charge in [-0.3, -0.25) is 0 Å². The van der Waals surface area contributed by atoms with Crippen molar-refractivity contribution >= 4 is 22.9 Å². The van der Waals surface area contributed by atoms with Crippen molar-refractivity contribution in [2.24, 2.45) is 0 Å². The Hall–Kier alpha value is -2.71. The van der Waals surface area contributed by atoms with Crippen LogP contribution >= 0.6 is 0 Å². The number of hydrogen-bond acceptors (Lipinski definition) is 7. The van der Waals surface area contributed by atoms with Crippen molar-refractivity contribution in [2.75, 3.05) is 23.7 Å². The highest BCUT2D eigenvalue weighted by Gasteiger charge is 2.29. The third kappa shape index (κ3) is 2.27. The molecule has 0 spiro atoms. The maximum absolute atomic E-state index is 5.82. The molecule has 1 aliphatic heterocycles. The smallest absolute Gasteiger partial charge is 0.224 e. The van der Waals surface area contributed by atoms with Gasteiger partial charge in [-0.2, -0.15) is 9.97 Å². The summed E-state index contributed by atoms with van der Waals surface area (Å²) < 4.78 is 2.05. The van der Waals surface area contributed by atoms with Gasteiger partial charge < -0.3 is 15.6 Å². The highest BCUT2D eigenvalue weighted by Crippen LogP contribution is 2.39. The van der Waals surface area contributed by atoms with Gasteiger partial charge in [-0.15, -0.1) is 5.10 Å². The molecule has 0 atom stereocenters. The maximum Gasteiger partial charge on any atom is 0.224 e. The lowest BCUT2D eigenvalue weighted by atomic mass is 10.1. The summed E-state index contributed by atoms with van der Waals surface area (Å²) in [5.74, 6) is 1.75. The van der Waals surface area contributed by atoms with Crippen LogP contribution in [0.5, 0.6) is 0 Å². The third-order valence-corrected chi connectivity index (χ3v) is 4.95. The van der Waals surface area contributed by atoms with Crippen LogP contribution < -0.4 is 10.6 Å². The molecule has 1 saturated heterocycles. The molecule has 5 rings (SSSR count). The minimum Gasteiger partial charge on any atom is -0.368 e. The second-order valence-corrected chi connectivity index (χ2v) is 6.62. The van der Waals surface area contributed by atoms with E-state index >= 15 is 0 Å². The van der Waals surface area contributed by atoms with Gasteiger partial charge in [0.15, 0.2) is 11.5 Å². The van der Waals surface area contributed by atoms with E-state index in [0.717, 1.165) is 43.0 Å². The molecular formula is C15H19N9. The number of nitrogens with zero attached hydrogens (tertiary/aromatic N) is 7. The van der Waals surface area contributed by atoms with Crippen molar-refractivity contribution in [2.45, 2.75) is 37.6 Å². The largest absolute Gasteiger partial charge is 0.368 e. The van der Waals surface area contributed by atoms with E-state index in [0.29, 0.717) is 17.6 Å². The fraction of sp³-hybridized carbons (Fsp3) is 0.533. The molecule has 0 unspecified atom stereocenters. The van der Waals surface area contributed by atoms with Crippen LogP contribution in [0.25, 0.3) is 11.2 Å². The molecular weight excluding hydrogens is 306 g/mol. The Morgan fingerprint density at radius 1 is 1.12 bits per heavy atom. The van der Waals surface area contributed by atoms with Crippen LogP contribution in [-0.2, 0) is 0 Å². The van der Waals surface area contributed by atoms with Crippen molar-refractivity contribution in [3.8, 4) is 0 Å². The van der Waals surface area contributed by atoms with Gasteiger partial charge in [0.05, 0.1) is 18.1 Å². The van der Waals surface area contributed by atoms with Crippen molar-refractivity contribution < 1.29 is 0 Å². The minimum atomic E-state index is 0.261. The lowest BCUT2D eigenvalue weighted by Crippen LogP contribution is -2.35. The summed E-state index contributed by atoms with van der Waals surface area (Å²) in [7, 11) is 0. The summed E-state index contributed by atoms with van der Waals surface area (Å²) in [6, 6.07) is 0.401. The van der Waals surface area contributed by atoms with Gasteiger partial charge in [0.25, 0.3) is 0 Å². The maximum atomic E-state index is 5.82. The summed E-state index contributed by atoms with van der Waals surface area (Å²) >= 11 is 0. The van der Waals surface area contributed by atoms with Crippen molar-refractivity contribution in [3.05, 3.63) is 18.2 Å². The summed E-state index contributed by atoms with van der Waals surface area (Å²) in [6.07, 6.45) is 8.29. The number of aromatic nitrogens is 7. The zero-order valence-corrected chi connectivity index (χ0v) is 13.3. The molecule has 2 fully saturated rings. The Morgan fingerprint density at radius 3 is 2.75 bits per heavy atom. The van der Waals surface area contributed by atoms with E-state index in [1.165, 1.54) is 12.8 Å². The fourth-order valence-corrected chi connectivity index (χ4v) is 3.44. The summed E-state index contributed by atoms with van der Waals surface area (Å²) in [4.78, 5) is 18.1. The molecule has 124 valence electrons. The molecule has 0 radical (unpaired) electrons. The number of H-pyrrole nitrogens is 1. The van der Waals surface area contributed by atoms with Crippen molar-refractivity contribution in [3.63, 3.8) is 0 Å². The van der Waals surface area contributed by atoms with E-state index in [1.807, 2.05) is 4.68 Å². The molecule has 2 aliphatic rings. The Balaban J connectivity index is 1.34. The molecule has 0 amide bonds. The van der Waals surface area contributed by atoms with Crippen LogP contribution in [0.4, 0.5) is 11.8 Å². The lowest BCUT2D eigenvalue weighted by molar-refractivity contribution is 0.359. The SMILES string of the molecule is Nc1nc(N2CCC(n3cc(C4CC4)nn3)CC2)c2[nH]cnc2n1. The molecule has 9 nitrogen and oxygen atoms in total. The van der Waals surface area contributed by atoms with Gasteiger partial charge in [0, 0.05) is 25.2 Å². The Bertz CT molecular complexity index is 870. The molecule has 3 N–H and O–H groups in total. The zero-order chi connectivity index (χ0) is 16.1. The minimum absolute atomic E-state index is 0.261. The molecule has 0 aromatic carbocycles. The Morgan fingerprint density at radius 2 is 1.96 bits per heavy atom. The van der Waals surface area contributed by atoms with E-state index in [9.17, 15) is 0 Å². The number of nitrogen functional groups attached to an aromatic ring is 1. The summed E-state index contributed by atoms with van der Waals surface area (Å²) in [5.41, 5.74) is 8.44. The fourth-order valence-electron chi connectivity index (χ4n) is 3.44.